The van der Waals surface area contributed by atoms with E-state index >= 15 is 0 Å². The number of benzene rings is 2. The van der Waals surface area contributed by atoms with Gasteiger partial charge in [0.1, 0.15) is 0 Å². The number of nitrogens with zero attached hydrogens (tertiary/aromatic N) is 12. The van der Waals surface area contributed by atoms with Crippen LogP contribution in [0.5, 0.6) is 0 Å². The third-order valence-corrected chi connectivity index (χ3v) is 5.60. The first-order valence-corrected chi connectivity index (χ1v) is 11.4. The van der Waals surface area contributed by atoms with E-state index in [4.69, 9.17) is 4.42 Å². The van der Waals surface area contributed by atoms with E-state index in [9.17, 15) is 101 Å². The quantitative estimate of drug-likeness (QED) is 0.119. The maximum atomic E-state index is 12.1. The predicted molar refractivity (Wildman–Crippen MR) is 148 cm³/mol. The molecule has 51 heavy (non-hydrogen) atoms. The van der Waals surface area contributed by atoms with Crippen LogP contribution in [0.2, 0.25) is 0 Å². The monoisotopic (exact) mass is 732 g/mol. The van der Waals surface area contributed by atoms with Crippen molar-refractivity contribution in [3.63, 3.8) is 0 Å². The summed E-state index contributed by atoms with van der Waals surface area (Å²) in [4.78, 5) is 106. The highest BCUT2D eigenvalue weighted by atomic mass is 16.7. The molecule has 0 saturated heterocycles. The van der Waals surface area contributed by atoms with Crippen molar-refractivity contribution in [1.82, 2.24) is 10.2 Å². The van der Waals surface area contributed by atoms with Gasteiger partial charge in [0.15, 0.2) is 31.3 Å². The smallest absolute Gasteiger partial charge is 0.341 e. The summed E-state index contributed by atoms with van der Waals surface area (Å²) in [6, 6.07) is 0. The van der Waals surface area contributed by atoms with Crippen LogP contribution in [0.1, 0.15) is 0 Å². The van der Waals surface area contributed by atoms with Gasteiger partial charge < -0.3 is 4.42 Å². The zero-order valence-corrected chi connectivity index (χ0v) is 22.9. The summed E-state index contributed by atoms with van der Waals surface area (Å²) >= 11 is 0. The first-order valence-electron chi connectivity index (χ1n) is 11.4. The SMILES string of the molecule is O=[N+]([O-])Nc1c([N+](=O)[O-])c(N[N+](=O)[O-])c([N+](=O)[O-])c(-c2nnc(-c3c([N+](=O)[O-])c(N[N+](=O)[O-])c([N+](=O)[O-])c(N[N+](=O)[O-])c3[N+](=O)[O-])o2)c1[N+](=O)[O-]. The van der Waals surface area contributed by atoms with Crippen LogP contribution in [-0.2, 0) is 0 Å². The van der Waals surface area contributed by atoms with E-state index in [0.29, 0.717) is 0 Å². The van der Waals surface area contributed by atoms with Crippen LogP contribution >= 0.6 is 0 Å². The van der Waals surface area contributed by atoms with Crippen molar-refractivity contribution in [2.24, 2.45) is 0 Å². The van der Waals surface area contributed by atoms with E-state index in [-0.39, 0.29) is 0 Å². The first-order chi connectivity index (χ1) is 23.6. The number of anilines is 4. The number of hydrogen-bond donors (Lipinski definition) is 4. The number of nitro benzene ring substituents is 6. The van der Waals surface area contributed by atoms with Crippen molar-refractivity contribution in [3.8, 4) is 22.9 Å². The van der Waals surface area contributed by atoms with Crippen LogP contribution in [0.3, 0.4) is 0 Å². The number of rotatable bonds is 16. The average Bonchev–Trinajstić information content (AvgIpc) is 3.43. The Balaban J connectivity index is 2.75. The second-order valence-corrected chi connectivity index (χ2v) is 8.27. The van der Waals surface area contributed by atoms with Gasteiger partial charge in [0, 0.05) is 0 Å². The molecule has 0 amide bonds. The van der Waals surface area contributed by atoms with Crippen molar-refractivity contribution < 1.29 is 54.1 Å². The summed E-state index contributed by atoms with van der Waals surface area (Å²) in [6.07, 6.45) is 0. The van der Waals surface area contributed by atoms with E-state index in [1.54, 1.807) is 0 Å². The molecule has 37 nitrogen and oxygen atoms in total. The van der Waals surface area contributed by atoms with Crippen LogP contribution in [0, 0.1) is 101 Å². The number of hydrazine groups is 4. The molecule has 0 atom stereocenters. The molecule has 0 fully saturated rings. The molecular formula is C14H4N16O21. The fourth-order valence-electron chi connectivity index (χ4n) is 4.14. The second-order valence-electron chi connectivity index (χ2n) is 8.27. The van der Waals surface area contributed by atoms with Gasteiger partial charge in [-0.1, -0.05) is 21.7 Å². The van der Waals surface area contributed by atoms with Crippen LogP contribution in [-0.4, -0.2) is 59.9 Å². The van der Waals surface area contributed by atoms with Crippen LogP contribution in [0.15, 0.2) is 4.42 Å². The fourth-order valence-corrected chi connectivity index (χ4v) is 4.14. The minimum atomic E-state index is -2.12. The normalized spacial score (nSPS) is 10.4. The van der Waals surface area contributed by atoms with Crippen LogP contribution < -0.4 is 21.7 Å². The summed E-state index contributed by atoms with van der Waals surface area (Å²) in [6.45, 7) is 0. The third kappa shape index (κ3) is 6.69. The largest absolute Gasteiger partial charge is 0.415 e. The summed E-state index contributed by atoms with van der Waals surface area (Å²) in [5.74, 6) is -3.63. The molecule has 0 unspecified atom stereocenters. The highest BCUT2D eigenvalue weighted by Gasteiger charge is 2.51. The number of hydrogen-bond acceptors (Lipinski definition) is 23. The molecule has 4 N–H and O–H groups in total. The van der Waals surface area contributed by atoms with Crippen molar-refractivity contribution in [3.05, 3.63) is 101 Å². The Kier molecular flexibility index (Phi) is 9.42. The molecule has 0 spiro atoms. The van der Waals surface area contributed by atoms with Gasteiger partial charge in [-0.15, -0.1) is 10.2 Å². The minimum Gasteiger partial charge on any atom is -0.415 e. The Hall–Kier alpha value is -9.22. The van der Waals surface area contributed by atoms with E-state index in [0.717, 1.165) is 21.7 Å². The fraction of sp³-hybridized carbons (Fsp3) is 0. The molecule has 1 aromatic heterocycles. The first kappa shape index (κ1) is 36.3. The maximum absolute atomic E-state index is 12.1. The molecule has 3 rings (SSSR count). The maximum Gasteiger partial charge on any atom is 0.341 e. The molecule has 3 aromatic rings. The van der Waals surface area contributed by atoms with E-state index in [1.807, 2.05) is 0 Å². The molecule has 0 aliphatic heterocycles. The zero-order chi connectivity index (χ0) is 38.8. The highest BCUT2D eigenvalue weighted by Crippen LogP contribution is 2.56. The Morgan fingerprint density at radius 3 is 0.706 bits per heavy atom. The van der Waals surface area contributed by atoms with E-state index < -0.39 is 129 Å². The molecule has 2 aromatic carbocycles. The lowest BCUT2D eigenvalue weighted by atomic mass is 10.0. The van der Waals surface area contributed by atoms with Gasteiger partial charge in [-0.3, -0.25) is 60.7 Å². The Morgan fingerprint density at radius 1 is 0.353 bits per heavy atom. The van der Waals surface area contributed by atoms with Crippen molar-refractivity contribution in [1.29, 1.82) is 0 Å². The van der Waals surface area contributed by atoms with Crippen LogP contribution in [0.4, 0.5) is 56.9 Å². The highest BCUT2D eigenvalue weighted by molar-refractivity contribution is 6.02. The van der Waals surface area contributed by atoms with Crippen molar-refractivity contribution in [2.45, 2.75) is 0 Å². The lowest BCUT2D eigenvalue weighted by Crippen LogP contribution is -2.18. The van der Waals surface area contributed by atoms with Gasteiger partial charge in [0.25, 0.3) is 34.5 Å². The van der Waals surface area contributed by atoms with Crippen LogP contribution in [0.25, 0.3) is 22.9 Å². The van der Waals surface area contributed by atoms with Crippen molar-refractivity contribution in [2.75, 3.05) is 21.7 Å². The summed E-state index contributed by atoms with van der Waals surface area (Å²) in [7, 11) is 0. The van der Waals surface area contributed by atoms with Gasteiger partial charge >= 0.3 is 34.1 Å². The standard InChI is InChI=1S/C14H4N16O21/c31-21(32)7-1(8(22(33)34)4(18-28(45)46)11(25(39)40)3(7)17-27(43)44)13-15-16-14(51-13)2-9(23(35)36)5(19-29(47)48)12(26(41)42)6(20-30(49)50)10(2)24(37)38/h17-20H. The predicted octanol–water partition coefficient (Wildman–Crippen LogP) is 1.27. The second kappa shape index (κ2) is 13.3. The molecule has 0 bridgehead atoms. The summed E-state index contributed by atoms with van der Waals surface area (Å²) in [5.41, 5.74) is -20.6. The lowest BCUT2D eigenvalue weighted by Gasteiger charge is -2.10. The summed E-state index contributed by atoms with van der Waals surface area (Å²) < 4.78 is 4.89. The Bertz CT molecular complexity index is 1900. The lowest BCUT2D eigenvalue weighted by molar-refractivity contribution is -0.453. The summed E-state index contributed by atoms with van der Waals surface area (Å²) in [5, 5.41) is 116. The molecule has 0 aliphatic rings. The third-order valence-electron chi connectivity index (χ3n) is 5.60. The van der Waals surface area contributed by atoms with E-state index in [2.05, 4.69) is 10.2 Å². The Labute approximate surface area is 267 Å². The van der Waals surface area contributed by atoms with Gasteiger partial charge in [-0.2, -0.15) is 0 Å². The van der Waals surface area contributed by atoms with Gasteiger partial charge in [0.2, 0.25) is 0 Å². The van der Waals surface area contributed by atoms with Crippen molar-refractivity contribution >= 4 is 56.9 Å². The number of aromatic nitrogens is 2. The molecule has 266 valence electrons. The average molecular weight is 732 g/mol. The topological polar surface area (TPSA) is 518 Å². The molecule has 0 saturated carbocycles. The number of nitrogens with one attached hydrogen (secondary N) is 4. The minimum absolute atomic E-state index is 0.926. The molecule has 0 radical (unpaired) electrons. The van der Waals surface area contributed by atoms with E-state index in [1.165, 1.54) is 0 Å². The molecule has 1 heterocycles. The Morgan fingerprint density at radius 2 is 0.549 bits per heavy atom. The molecule has 0 aliphatic carbocycles. The van der Waals surface area contributed by atoms with Gasteiger partial charge in [0.05, 0.1) is 29.5 Å². The number of nitro groups is 10. The van der Waals surface area contributed by atoms with Gasteiger partial charge in [-0.05, 0) is 0 Å². The molecule has 37 heteroatoms. The zero-order valence-electron chi connectivity index (χ0n) is 22.9. The van der Waals surface area contributed by atoms with Gasteiger partial charge in [-0.25, -0.2) is 40.5 Å². The molecular weight excluding hydrogens is 728 g/mol.